The van der Waals surface area contributed by atoms with E-state index in [1.807, 2.05) is 0 Å². The molecule has 7 nitrogen and oxygen atoms in total. The number of rotatable bonds is 4. The van der Waals surface area contributed by atoms with Crippen LogP contribution in [-0.2, 0) is 6.54 Å². The zero-order valence-electron chi connectivity index (χ0n) is 8.80. The molecule has 0 aromatic carbocycles. The second-order valence-corrected chi connectivity index (χ2v) is 3.43. The molecule has 2 aromatic rings. The first kappa shape index (κ1) is 11.2. The molecule has 0 saturated heterocycles. The molecule has 0 aliphatic heterocycles. The first-order chi connectivity index (χ1) is 8.18. The highest BCUT2D eigenvalue weighted by Gasteiger charge is 2.18. The highest BCUT2D eigenvalue weighted by Crippen LogP contribution is 2.17. The van der Waals surface area contributed by atoms with Crippen molar-refractivity contribution in [2.45, 2.75) is 12.6 Å². The Morgan fingerprint density at radius 3 is 2.76 bits per heavy atom. The van der Waals surface area contributed by atoms with Gasteiger partial charge in [0.15, 0.2) is 0 Å². The van der Waals surface area contributed by atoms with Crippen molar-refractivity contribution in [1.82, 2.24) is 14.5 Å². The third-order valence-electron chi connectivity index (χ3n) is 2.32. The van der Waals surface area contributed by atoms with Gasteiger partial charge in [-0.2, -0.15) is 0 Å². The SMILES string of the molecule is O=[N+]([O-])c1nccn1C[C@H](O)c1ccncc1. The number of pyridine rings is 1. The Morgan fingerprint density at radius 1 is 1.41 bits per heavy atom. The normalized spacial score (nSPS) is 12.3. The van der Waals surface area contributed by atoms with Crippen LogP contribution in [0.15, 0.2) is 36.9 Å². The van der Waals surface area contributed by atoms with E-state index >= 15 is 0 Å². The average molecular weight is 234 g/mol. The van der Waals surface area contributed by atoms with Crippen LogP contribution in [-0.4, -0.2) is 24.6 Å². The molecule has 0 fully saturated rings. The molecule has 17 heavy (non-hydrogen) atoms. The van der Waals surface area contributed by atoms with Gasteiger partial charge in [-0.1, -0.05) is 4.98 Å². The van der Waals surface area contributed by atoms with Crippen molar-refractivity contribution in [3.8, 4) is 0 Å². The first-order valence-electron chi connectivity index (χ1n) is 4.92. The van der Waals surface area contributed by atoms with Crippen molar-refractivity contribution in [3.63, 3.8) is 0 Å². The number of aromatic nitrogens is 3. The van der Waals surface area contributed by atoms with E-state index in [0.29, 0.717) is 5.56 Å². The summed E-state index contributed by atoms with van der Waals surface area (Å²) in [7, 11) is 0. The lowest BCUT2D eigenvalue weighted by atomic mass is 10.1. The van der Waals surface area contributed by atoms with Crippen molar-refractivity contribution in [3.05, 3.63) is 52.6 Å². The van der Waals surface area contributed by atoms with Crippen LogP contribution >= 0.6 is 0 Å². The molecule has 1 N–H and O–H groups in total. The maximum Gasteiger partial charge on any atom is 0.434 e. The Hall–Kier alpha value is -2.28. The van der Waals surface area contributed by atoms with E-state index in [2.05, 4.69) is 9.97 Å². The third-order valence-corrected chi connectivity index (χ3v) is 2.32. The van der Waals surface area contributed by atoms with E-state index in [1.54, 1.807) is 24.5 Å². The van der Waals surface area contributed by atoms with E-state index in [9.17, 15) is 15.2 Å². The molecule has 2 heterocycles. The maximum atomic E-state index is 10.6. The Bertz CT molecular complexity index is 511. The number of hydrogen-bond acceptors (Lipinski definition) is 5. The summed E-state index contributed by atoms with van der Waals surface area (Å²) in [5, 5.41) is 20.5. The van der Waals surface area contributed by atoms with Crippen molar-refractivity contribution in [2.24, 2.45) is 0 Å². The van der Waals surface area contributed by atoms with Crippen LogP contribution < -0.4 is 0 Å². The molecule has 0 bridgehead atoms. The summed E-state index contributed by atoms with van der Waals surface area (Å²) in [6, 6.07) is 3.32. The summed E-state index contributed by atoms with van der Waals surface area (Å²) in [6.07, 6.45) is 5.08. The molecular formula is C10H10N4O3. The van der Waals surface area contributed by atoms with Crippen LogP contribution in [0.1, 0.15) is 11.7 Å². The Kier molecular flexibility index (Phi) is 3.10. The van der Waals surface area contributed by atoms with Gasteiger partial charge in [-0.05, 0) is 22.6 Å². The van der Waals surface area contributed by atoms with Crippen molar-refractivity contribution >= 4 is 5.95 Å². The molecule has 88 valence electrons. The Balaban J connectivity index is 2.16. The Labute approximate surface area is 96.5 Å². The fraction of sp³-hybridized carbons (Fsp3) is 0.200. The second-order valence-electron chi connectivity index (χ2n) is 3.43. The highest BCUT2D eigenvalue weighted by molar-refractivity contribution is 5.14. The third kappa shape index (κ3) is 2.45. The molecule has 1 atom stereocenters. The number of aliphatic hydroxyl groups excluding tert-OH is 1. The lowest BCUT2D eigenvalue weighted by molar-refractivity contribution is -0.397. The van der Waals surface area contributed by atoms with Gasteiger partial charge in [-0.25, -0.2) is 4.57 Å². The van der Waals surface area contributed by atoms with Gasteiger partial charge < -0.3 is 15.2 Å². The lowest BCUT2D eigenvalue weighted by Crippen LogP contribution is -2.10. The predicted molar refractivity (Wildman–Crippen MR) is 58.1 cm³/mol. The van der Waals surface area contributed by atoms with E-state index in [1.165, 1.54) is 17.0 Å². The molecule has 0 amide bonds. The van der Waals surface area contributed by atoms with Gasteiger partial charge in [0, 0.05) is 12.4 Å². The van der Waals surface area contributed by atoms with Crippen LogP contribution in [0.5, 0.6) is 0 Å². The van der Waals surface area contributed by atoms with E-state index < -0.39 is 11.0 Å². The van der Waals surface area contributed by atoms with Crippen LogP contribution in [0, 0.1) is 10.1 Å². The van der Waals surface area contributed by atoms with Gasteiger partial charge in [-0.3, -0.25) is 4.98 Å². The number of nitro groups is 1. The van der Waals surface area contributed by atoms with Gasteiger partial charge in [0.1, 0.15) is 25.0 Å². The lowest BCUT2D eigenvalue weighted by Gasteiger charge is -2.09. The molecule has 0 spiro atoms. The fourth-order valence-electron chi connectivity index (χ4n) is 1.49. The molecule has 7 heteroatoms. The average Bonchev–Trinajstić information content (AvgIpc) is 2.78. The van der Waals surface area contributed by atoms with Gasteiger partial charge in [0.2, 0.25) is 0 Å². The van der Waals surface area contributed by atoms with Crippen LogP contribution in [0.2, 0.25) is 0 Å². The summed E-state index contributed by atoms with van der Waals surface area (Å²) in [5.74, 6) is -0.280. The van der Waals surface area contributed by atoms with Crippen LogP contribution in [0.4, 0.5) is 5.95 Å². The summed E-state index contributed by atoms with van der Waals surface area (Å²) < 4.78 is 1.30. The summed E-state index contributed by atoms with van der Waals surface area (Å²) in [6.45, 7) is 0.0837. The second kappa shape index (κ2) is 4.71. The molecule has 0 radical (unpaired) electrons. The van der Waals surface area contributed by atoms with E-state index in [4.69, 9.17) is 0 Å². The summed E-state index contributed by atoms with van der Waals surface area (Å²) >= 11 is 0. The maximum absolute atomic E-state index is 10.6. The fourth-order valence-corrected chi connectivity index (χ4v) is 1.49. The minimum Gasteiger partial charge on any atom is -0.390 e. The minimum absolute atomic E-state index is 0.0837. The number of aliphatic hydroxyl groups is 1. The largest absolute Gasteiger partial charge is 0.434 e. The van der Waals surface area contributed by atoms with Gasteiger partial charge in [-0.15, -0.1) is 0 Å². The van der Waals surface area contributed by atoms with Gasteiger partial charge in [0.25, 0.3) is 0 Å². The molecule has 2 rings (SSSR count). The molecule has 0 aliphatic carbocycles. The monoisotopic (exact) mass is 234 g/mol. The van der Waals surface area contributed by atoms with E-state index in [0.717, 1.165) is 0 Å². The summed E-state index contributed by atoms with van der Waals surface area (Å²) in [5.41, 5.74) is 0.656. The van der Waals surface area contributed by atoms with Crippen LogP contribution in [0.25, 0.3) is 0 Å². The number of nitrogens with zero attached hydrogens (tertiary/aromatic N) is 4. The van der Waals surface area contributed by atoms with E-state index in [-0.39, 0.29) is 12.5 Å². The molecule has 2 aromatic heterocycles. The molecule has 0 unspecified atom stereocenters. The van der Waals surface area contributed by atoms with Gasteiger partial charge >= 0.3 is 5.95 Å². The van der Waals surface area contributed by atoms with Crippen LogP contribution in [0.3, 0.4) is 0 Å². The molecule has 0 saturated carbocycles. The zero-order chi connectivity index (χ0) is 12.3. The standard InChI is InChI=1S/C10H10N4O3/c15-9(8-1-3-11-4-2-8)7-13-6-5-12-10(13)14(16)17/h1-6,9,15H,7H2/t9-/m0/s1. The smallest absolute Gasteiger partial charge is 0.390 e. The highest BCUT2D eigenvalue weighted by atomic mass is 16.6. The predicted octanol–water partition coefficient (Wildman–Crippen LogP) is 0.920. The number of imidazole rings is 1. The topological polar surface area (TPSA) is 94.1 Å². The van der Waals surface area contributed by atoms with Crippen molar-refractivity contribution in [2.75, 3.05) is 0 Å². The minimum atomic E-state index is -0.828. The molecular weight excluding hydrogens is 224 g/mol. The van der Waals surface area contributed by atoms with Crippen molar-refractivity contribution in [1.29, 1.82) is 0 Å². The number of hydrogen-bond donors (Lipinski definition) is 1. The summed E-state index contributed by atoms with van der Waals surface area (Å²) in [4.78, 5) is 17.5. The molecule has 0 aliphatic rings. The Morgan fingerprint density at radius 2 is 2.12 bits per heavy atom. The van der Waals surface area contributed by atoms with Crippen molar-refractivity contribution < 1.29 is 10.0 Å². The first-order valence-corrected chi connectivity index (χ1v) is 4.92. The quantitative estimate of drug-likeness (QED) is 0.627. The zero-order valence-corrected chi connectivity index (χ0v) is 8.80. The van der Waals surface area contributed by atoms with Gasteiger partial charge in [0.05, 0.1) is 0 Å².